The van der Waals surface area contributed by atoms with E-state index in [-0.39, 0.29) is 11.6 Å². The number of nitro groups is 1. The Morgan fingerprint density at radius 2 is 1.91 bits per heavy atom. The fourth-order valence-electron chi connectivity index (χ4n) is 2.86. The van der Waals surface area contributed by atoms with E-state index in [2.05, 4.69) is 0 Å². The highest BCUT2D eigenvalue weighted by atomic mass is 16.6. The van der Waals surface area contributed by atoms with Gasteiger partial charge in [-0.15, -0.1) is 0 Å². The van der Waals surface area contributed by atoms with Crippen LogP contribution < -0.4 is 4.90 Å². The summed E-state index contributed by atoms with van der Waals surface area (Å²) in [6, 6.07) is 14.8. The Kier molecular flexibility index (Phi) is 3.87. The summed E-state index contributed by atoms with van der Waals surface area (Å²) in [7, 11) is 0. The molecular weight excluding hydrogens is 280 g/mol. The van der Waals surface area contributed by atoms with Crippen molar-refractivity contribution in [2.75, 3.05) is 11.4 Å². The van der Waals surface area contributed by atoms with Crippen LogP contribution in [0.25, 0.3) is 0 Å². The van der Waals surface area contributed by atoms with E-state index in [1.807, 2.05) is 36.4 Å². The van der Waals surface area contributed by atoms with Gasteiger partial charge in [0.15, 0.2) is 0 Å². The second kappa shape index (κ2) is 5.97. The van der Waals surface area contributed by atoms with E-state index in [9.17, 15) is 14.9 Å². The van der Waals surface area contributed by atoms with E-state index < -0.39 is 4.92 Å². The summed E-state index contributed by atoms with van der Waals surface area (Å²) >= 11 is 0. The van der Waals surface area contributed by atoms with Crippen molar-refractivity contribution < 1.29 is 9.72 Å². The fourth-order valence-corrected chi connectivity index (χ4v) is 2.86. The van der Waals surface area contributed by atoms with Gasteiger partial charge >= 0.3 is 0 Å². The molecule has 2 aromatic carbocycles. The molecule has 3 rings (SSSR count). The minimum Gasteiger partial charge on any atom is -0.306 e. The Balaban J connectivity index is 1.78. The van der Waals surface area contributed by atoms with Crippen molar-refractivity contribution in [1.29, 1.82) is 0 Å². The lowest BCUT2D eigenvalue weighted by Crippen LogP contribution is -2.29. The molecule has 1 aliphatic heterocycles. The molecule has 0 fully saturated rings. The number of fused-ring (bicyclic) bond motifs is 1. The molecule has 0 bridgehead atoms. The number of aryl methyl sites for hydroxylation is 1. The molecular formula is C17H16N2O3. The van der Waals surface area contributed by atoms with Crippen LogP contribution >= 0.6 is 0 Å². The van der Waals surface area contributed by atoms with Crippen molar-refractivity contribution >= 4 is 17.3 Å². The third kappa shape index (κ3) is 2.70. The summed E-state index contributed by atoms with van der Waals surface area (Å²) in [5, 5.41) is 11.2. The van der Waals surface area contributed by atoms with Crippen molar-refractivity contribution in [2.24, 2.45) is 0 Å². The van der Waals surface area contributed by atoms with E-state index in [0.29, 0.717) is 31.5 Å². The highest BCUT2D eigenvalue weighted by Gasteiger charge is 2.31. The Morgan fingerprint density at radius 1 is 1.14 bits per heavy atom. The average molecular weight is 296 g/mol. The van der Waals surface area contributed by atoms with Gasteiger partial charge in [0.25, 0.3) is 5.69 Å². The lowest BCUT2D eigenvalue weighted by molar-refractivity contribution is -0.384. The molecule has 0 spiro atoms. The molecule has 112 valence electrons. The highest BCUT2D eigenvalue weighted by molar-refractivity contribution is 5.98. The number of nitro benzene ring substituents is 1. The van der Waals surface area contributed by atoms with Crippen LogP contribution in [-0.4, -0.2) is 17.4 Å². The lowest BCUT2D eigenvalue weighted by Gasteiger charge is -2.17. The molecule has 22 heavy (non-hydrogen) atoms. The maximum atomic E-state index is 12.5. The highest BCUT2D eigenvalue weighted by Crippen LogP contribution is 2.37. The molecule has 0 N–H and O–H groups in total. The van der Waals surface area contributed by atoms with E-state index in [4.69, 9.17) is 0 Å². The molecule has 0 atom stereocenters. The van der Waals surface area contributed by atoms with Crippen molar-refractivity contribution in [3.63, 3.8) is 0 Å². The Hall–Kier alpha value is -2.69. The first-order valence-corrected chi connectivity index (χ1v) is 7.27. The number of para-hydroxylation sites is 1. The molecule has 2 aromatic rings. The molecule has 0 radical (unpaired) electrons. The van der Waals surface area contributed by atoms with Crippen LogP contribution in [-0.2, 0) is 17.6 Å². The molecule has 0 saturated carbocycles. The summed E-state index contributed by atoms with van der Waals surface area (Å²) in [5.74, 6) is -0.0584. The number of hydrogen-bond donors (Lipinski definition) is 0. The van der Waals surface area contributed by atoms with Gasteiger partial charge in [0.1, 0.15) is 5.69 Å². The topological polar surface area (TPSA) is 63.5 Å². The maximum Gasteiger partial charge on any atom is 0.293 e. The summed E-state index contributed by atoms with van der Waals surface area (Å²) < 4.78 is 0. The minimum atomic E-state index is -0.415. The number of nitrogens with zero attached hydrogens (tertiary/aromatic N) is 2. The van der Waals surface area contributed by atoms with E-state index in [0.717, 1.165) is 11.1 Å². The Morgan fingerprint density at radius 3 is 2.64 bits per heavy atom. The number of carbonyl (C=O) groups is 1. The van der Waals surface area contributed by atoms with Gasteiger partial charge < -0.3 is 4.90 Å². The SMILES string of the molecule is O=C(CCc1ccccc1)N1CCc2cccc([N+](=O)[O-])c21. The van der Waals surface area contributed by atoms with E-state index in [1.165, 1.54) is 6.07 Å². The molecule has 5 nitrogen and oxygen atoms in total. The van der Waals surface area contributed by atoms with Crippen molar-refractivity contribution in [3.8, 4) is 0 Å². The third-order valence-corrected chi connectivity index (χ3v) is 3.94. The van der Waals surface area contributed by atoms with Crippen molar-refractivity contribution in [3.05, 3.63) is 69.8 Å². The molecule has 0 saturated heterocycles. The van der Waals surface area contributed by atoms with Gasteiger partial charge in [-0.1, -0.05) is 42.5 Å². The number of carbonyl (C=O) groups excluding carboxylic acids is 1. The van der Waals surface area contributed by atoms with Crippen LogP contribution in [0.15, 0.2) is 48.5 Å². The third-order valence-electron chi connectivity index (χ3n) is 3.94. The van der Waals surface area contributed by atoms with Gasteiger partial charge in [-0.2, -0.15) is 0 Å². The first kappa shape index (κ1) is 14.3. The molecule has 0 aliphatic carbocycles. The molecule has 5 heteroatoms. The molecule has 1 heterocycles. The van der Waals surface area contributed by atoms with Gasteiger partial charge in [-0.25, -0.2) is 0 Å². The van der Waals surface area contributed by atoms with Crippen molar-refractivity contribution in [1.82, 2.24) is 0 Å². The monoisotopic (exact) mass is 296 g/mol. The standard InChI is InChI=1S/C17H16N2O3/c20-16(10-9-13-5-2-1-3-6-13)18-12-11-14-7-4-8-15(17(14)18)19(21)22/h1-8H,9-12H2. The predicted octanol–water partition coefficient (Wildman–Crippen LogP) is 3.12. The van der Waals surface area contributed by atoms with Crippen LogP contribution in [0.4, 0.5) is 11.4 Å². The first-order valence-electron chi connectivity index (χ1n) is 7.27. The van der Waals surface area contributed by atoms with Gasteiger partial charge in [0.2, 0.25) is 5.91 Å². The van der Waals surface area contributed by atoms with Crippen LogP contribution in [0.2, 0.25) is 0 Å². The van der Waals surface area contributed by atoms with Crippen LogP contribution in [0, 0.1) is 10.1 Å². The molecule has 0 aromatic heterocycles. The summed E-state index contributed by atoms with van der Waals surface area (Å²) in [5.41, 5.74) is 2.47. The zero-order chi connectivity index (χ0) is 15.5. The summed E-state index contributed by atoms with van der Waals surface area (Å²) in [6.07, 6.45) is 1.68. The normalized spacial score (nSPS) is 13.0. The van der Waals surface area contributed by atoms with E-state index in [1.54, 1.807) is 11.0 Å². The summed E-state index contributed by atoms with van der Waals surface area (Å²) in [6.45, 7) is 0.522. The maximum absolute atomic E-state index is 12.5. The van der Waals surface area contributed by atoms with Gasteiger partial charge in [-0.05, 0) is 24.0 Å². The number of anilines is 1. The zero-order valence-electron chi connectivity index (χ0n) is 12.1. The quantitative estimate of drug-likeness (QED) is 0.643. The van der Waals surface area contributed by atoms with Gasteiger partial charge in [0, 0.05) is 19.0 Å². The van der Waals surface area contributed by atoms with Crippen LogP contribution in [0.1, 0.15) is 17.5 Å². The Bertz CT molecular complexity index is 713. The van der Waals surface area contributed by atoms with Crippen molar-refractivity contribution in [2.45, 2.75) is 19.3 Å². The number of rotatable bonds is 4. The average Bonchev–Trinajstić information content (AvgIpc) is 2.97. The number of hydrogen-bond acceptors (Lipinski definition) is 3. The second-order valence-corrected chi connectivity index (χ2v) is 5.32. The van der Waals surface area contributed by atoms with Crippen LogP contribution in [0.3, 0.4) is 0 Å². The number of benzene rings is 2. The largest absolute Gasteiger partial charge is 0.306 e. The van der Waals surface area contributed by atoms with E-state index >= 15 is 0 Å². The zero-order valence-corrected chi connectivity index (χ0v) is 12.1. The number of amides is 1. The fraction of sp³-hybridized carbons (Fsp3) is 0.235. The second-order valence-electron chi connectivity index (χ2n) is 5.32. The van der Waals surface area contributed by atoms with Crippen LogP contribution in [0.5, 0.6) is 0 Å². The smallest absolute Gasteiger partial charge is 0.293 e. The lowest BCUT2D eigenvalue weighted by atomic mass is 10.1. The van der Waals surface area contributed by atoms with Gasteiger partial charge in [0.05, 0.1) is 4.92 Å². The predicted molar refractivity (Wildman–Crippen MR) is 83.9 cm³/mol. The van der Waals surface area contributed by atoms with Gasteiger partial charge in [-0.3, -0.25) is 14.9 Å². The minimum absolute atomic E-state index is 0.0167. The Labute approximate surface area is 128 Å². The summed E-state index contributed by atoms with van der Waals surface area (Å²) in [4.78, 5) is 24.8. The molecule has 0 unspecified atom stereocenters. The molecule has 1 amide bonds. The first-order chi connectivity index (χ1) is 10.7. The molecule has 1 aliphatic rings.